The molecule has 0 aromatic heterocycles. The maximum absolute atomic E-state index is 15.0. The Morgan fingerprint density at radius 1 is 0.909 bits per heavy atom. The van der Waals surface area contributed by atoms with Crippen molar-refractivity contribution in [1.29, 1.82) is 0 Å². The zero-order chi connectivity index (χ0) is 17.1. The van der Waals surface area contributed by atoms with E-state index in [1.807, 2.05) is 6.07 Å². The third-order valence-electron chi connectivity index (χ3n) is 5.47. The number of rotatable bonds is 0. The van der Waals surface area contributed by atoms with E-state index in [0.717, 1.165) is 17.8 Å². The molecule has 0 spiro atoms. The topological polar surface area (TPSA) is 3.24 Å². The van der Waals surface area contributed by atoms with Crippen LogP contribution in [0.5, 0.6) is 0 Å². The molecule has 1 aromatic carbocycles. The Bertz CT molecular complexity index is 553. The number of halogens is 1. The summed E-state index contributed by atoms with van der Waals surface area (Å²) in [6.45, 7) is 21.0. The van der Waals surface area contributed by atoms with Gasteiger partial charge in [0.1, 0.15) is 5.82 Å². The van der Waals surface area contributed by atoms with E-state index in [9.17, 15) is 4.39 Å². The Kier molecular flexibility index (Phi) is 3.71. The molecule has 0 radical (unpaired) electrons. The van der Waals surface area contributed by atoms with Gasteiger partial charge in [-0.1, -0.05) is 47.6 Å². The molecule has 0 bridgehead atoms. The molecule has 1 heterocycles. The average molecular weight is 305 g/mol. The lowest BCUT2D eigenvalue weighted by atomic mass is 9.52. The lowest BCUT2D eigenvalue weighted by Crippen LogP contribution is -2.55. The van der Waals surface area contributed by atoms with Gasteiger partial charge in [0, 0.05) is 28.7 Å². The number of benzene rings is 1. The molecule has 1 aliphatic heterocycles. The summed E-state index contributed by atoms with van der Waals surface area (Å²) in [6.07, 6.45) is 0. The van der Waals surface area contributed by atoms with Crippen molar-refractivity contribution in [2.75, 3.05) is 11.4 Å². The normalized spacial score (nSPS) is 18.5. The third-order valence-corrected chi connectivity index (χ3v) is 5.47. The molecular formula is C20H32FN. The molecule has 0 fully saturated rings. The first-order chi connectivity index (χ1) is 9.73. The van der Waals surface area contributed by atoms with Crippen molar-refractivity contribution in [1.82, 2.24) is 0 Å². The zero-order valence-electron chi connectivity index (χ0n) is 15.8. The molecule has 2 heteroatoms. The second-order valence-corrected chi connectivity index (χ2v) is 9.80. The van der Waals surface area contributed by atoms with Gasteiger partial charge in [-0.05, 0) is 43.7 Å². The first-order valence-corrected chi connectivity index (χ1v) is 8.30. The maximum atomic E-state index is 15.0. The quantitative estimate of drug-likeness (QED) is 0.588. The first-order valence-electron chi connectivity index (χ1n) is 8.30. The van der Waals surface area contributed by atoms with Crippen molar-refractivity contribution < 1.29 is 4.39 Å². The predicted molar refractivity (Wildman–Crippen MR) is 94.1 cm³/mol. The molecular weight excluding hydrogens is 273 g/mol. The molecule has 1 aromatic rings. The molecule has 0 saturated heterocycles. The smallest absolute Gasteiger partial charge is 0.129 e. The third kappa shape index (κ3) is 2.26. The van der Waals surface area contributed by atoms with Crippen LogP contribution >= 0.6 is 0 Å². The summed E-state index contributed by atoms with van der Waals surface area (Å²) < 4.78 is 15.0. The van der Waals surface area contributed by atoms with Crippen molar-refractivity contribution in [3.8, 4) is 0 Å². The molecule has 1 nitrogen and oxygen atoms in total. The summed E-state index contributed by atoms with van der Waals surface area (Å²) >= 11 is 0. The second-order valence-electron chi connectivity index (χ2n) is 9.80. The maximum Gasteiger partial charge on any atom is 0.129 e. The second kappa shape index (κ2) is 4.72. The summed E-state index contributed by atoms with van der Waals surface area (Å²) in [5.74, 6) is -0.0610. The summed E-state index contributed by atoms with van der Waals surface area (Å²) in [7, 11) is 0. The van der Waals surface area contributed by atoms with Gasteiger partial charge < -0.3 is 4.90 Å². The van der Waals surface area contributed by atoms with Gasteiger partial charge in [-0.2, -0.15) is 0 Å². The SMILES string of the molecule is CC(C)(C)N1CC(C(C)(C)C)(C(C)(C)C)c2c(F)cccc21. The Morgan fingerprint density at radius 2 is 1.41 bits per heavy atom. The Morgan fingerprint density at radius 3 is 1.82 bits per heavy atom. The van der Waals surface area contributed by atoms with Crippen molar-refractivity contribution in [2.45, 2.75) is 73.3 Å². The van der Waals surface area contributed by atoms with Crippen LogP contribution in [0.1, 0.15) is 67.9 Å². The zero-order valence-corrected chi connectivity index (χ0v) is 15.8. The van der Waals surface area contributed by atoms with E-state index in [-0.39, 0.29) is 27.6 Å². The summed E-state index contributed by atoms with van der Waals surface area (Å²) in [5, 5.41) is 0. The highest BCUT2D eigenvalue weighted by Crippen LogP contribution is 2.61. The molecule has 0 atom stereocenters. The Labute approximate surface area is 135 Å². The van der Waals surface area contributed by atoms with Crippen LogP contribution in [-0.4, -0.2) is 12.1 Å². The minimum atomic E-state index is -0.228. The molecule has 2 rings (SSSR count). The van der Waals surface area contributed by atoms with Crippen molar-refractivity contribution in [3.63, 3.8) is 0 Å². The fourth-order valence-corrected chi connectivity index (χ4v) is 4.51. The average Bonchev–Trinajstić information content (AvgIpc) is 2.64. The summed E-state index contributed by atoms with van der Waals surface area (Å²) in [4.78, 5) is 2.39. The fourth-order valence-electron chi connectivity index (χ4n) is 4.51. The highest BCUT2D eigenvalue weighted by molar-refractivity contribution is 5.66. The number of hydrogen-bond donors (Lipinski definition) is 0. The molecule has 1 aliphatic rings. The number of nitrogens with zero attached hydrogens (tertiary/aromatic N) is 1. The van der Waals surface area contributed by atoms with E-state index < -0.39 is 0 Å². The lowest BCUT2D eigenvalue weighted by molar-refractivity contribution is 0.0604. The van der Waals surface area contributed by atoms with E-state index in [1.165, 1.54) is 0 Å². The van der Waals surface area contributed by atoms with E-state index in [1.54, 1.807) is 6.07 Å². The highest BCUT2D eigenvalue weighted by Gasteiger charge is 2.59. The van der Waals surface area contributed by atoms with Gasteiger partial charge in [0.2, 0.25) is 0 Å². The number of anilines is 1. The van der Waals surface area contributed by atoms with Gasteiger partial charge in [0.15, 0.2) is 0 Å². The van der Waals surface area contributed by atoms with Crippen molar-refractivity contribution >= 4 is 5.69 Å². The van der Waals surface area contributed by atoms with Crippen LogP contribution in [0.4, 0.5) is 10.1 Å². The summed E-state index contributed by atoms with van der Waals surface area (Å²) in [6, 6.07) is 5.55. The molecule has 124 valence electrons. The van der Waals surface area contributed by atoms with E-state index in [2.05, 4.69) is 73.3 Å². The van der Waals surface area contributed by atoms with Crippen LogP contribution in [0.15, 0.2) is 18.2 Å². The standard InChI is InChI=1S/C20H32FN/c1-17(2,3)20(18(4,5)6)13-22(19(7,8)9)15-12-10-11-14(21)16(15)20/h10-12H,13H2,1-9H3. The van der Waals surface area contributed by atoms with E-state index >= 15 is 0 Å². The van der Waals surface area contributed by atoms with Crippen LogP contribution in [0.25, 0.3) is 0 Å². The van der Waals surface area contributed by atoms with Gasteiger partial charge in [0.25, 0.3) is 0 Å². The highest BCUT2D eigenvalue weighted by atomic mass is 19.1. The molecule has 22 heavy (non-hydrogen) atoms. The molecule has 0 amide bonds. The molecule has 0 aliphatic carbocycles. The van der Waals surface area contributed by atoms with Crippen LogP contribution in [0.3, 0.4) is 0 Å². The van der Waals surface area contributed by atoms with Gasteiger partial charge in [-0.15, -0.1) is 0 Å². The Balaban J connectivity index is 2.86. The Hall–Kier alpha value is -1.05. The van der Waals surface area contributed by atoms with Crippen molar-refractivity contribution in [2.24, 2.45) is 10.8 Å². The first kappa shape index (κ1) is 17.3. The van der Waals surface area contributed by atoms with E-state index in [0.29, 0.717) is 0 Å². The van der Waals surface area contributed by atoms with E-state index in [4.69, 9.17) is 0 Å². The predicted octanol–water partition coefficient (Wildman–Crippen LogP) is 5.77. The molecule has 0 unspecified atom stereocenters. The van der Waals surface area contributed by atoms with Gasteiger partial charge in [-0.3, -0.25) is 0 Å². The van der Waals surface area contributed by atoms with Crippen LogP contribution < -0.4 is 4.90 Å². The lowest BCUT2D eigenvalue weighted by Gasteiger charge is -2.52. The number of hydrogen-bond acceptors (Lipinski definition) is 1. The minimum absolute atomic E-state index is 0.0270. The molecule has 0 saturated carbocycles. The van der Waals surface area contributed by atoms with Gasteiger partial charge >= 0.3 is 0 Å². The van der Waals surface area contributed by atoms with Crippen LogP contribution in [0.2, 0.25) is 0 Å². The van der Waals surface area contributed by atoms with Crippen molar-refractivity contribution in [3.05, 3.63) is 29.6 Å². The van der Waals surface area contributed by atoms with Gasteiger partial charge in [-0.25, -0.2) is 4.39 Å². The minimum Gasteiger partial charge on any atom is -0.365 e. The van der Waals surface area contributed by atoms with Crippen LogP contribution in [-0.2, 0) is 5.41 Å². The van der Waals surface area contributed by atoms with Gasteiger partial charge in [0.05, 0.1) is 0 Å². The largest absolute Gasteiger partial charge is 0.365 e. The van der Waals surface area contributed by atoms with Crippen LogP contribution in [0, 0.1) is 16.6 Å². The fraction of sp³-hybridized carbons (Fsp3) is 0.700. The number of fused-ring (bicyclic) bond motifs is 1. The molecule has 0 N–H and O–H groups in total. The monoisotopic (exact) mass is 305 g/mol. The summed E-state index contributed by atoms with van der Waals surface area (Å²) in [5.41, 5.74) is 1.64.